The molecule has 2 rings (SSSR count). The second-order valence-corrected chi connectivity index (χ2v) is 7.42. The molecule has 1 heterocycles. The van der Waals surface area contributed by atoms with E-state index in [1.807, 2.05) is 31.2 Å². The molecule has 1 atom stereocenters. The third-order valence-electron chi connectivity index (χ3n) is 3.59. The van der Waals surface area contributed by atoms with Gasteiger partial charge in [0.2, 0.25) is 10.0 Å². The molecule has 1 aromatic carbocycles. The van der Waals surface area contributed by atoms with Crippen LogP contribution in [-0.2, 0) is 17.1 Å². The molecule has 0 fully saturated rings. The summed E-state index contributed by atoms with van der Waals surface area (Å²) in [6.45, 7) is 7.45. The number of hydrogen-bond donors (Lipinski definition) is 1. The molecule has 6 nitrogen and oxygen atoms in total. The third-order valence-corrected chi connectivity index (χ3v) is 5.43. The standard InChI is InChI=1S/C16H23N3O3S/c1-11-6-8-15(9-7-11)22-10-12(2)18-23(20,21)16-13(3)17-19(5)14(16)4/h6-9,12,18H,10H2,1-5H3/t12-/m0/s1. The maximum atomic E-state index is 12.5. The summed E-state index contributed by atoms with van der Waals surface area (Å²) in [6.07, 6.45) is 0. The zero-order chi connectivity index (χ0) is 17.2. The van der Waals surface area contributed by atoms with Gasteiger partial charge in [-0.1, -0.05) is 17.7 Å². The van der Waals surface area contributed by atoms with Crippen molar-refractivity contribution < 1.29 is 13.2 Å². The Labute approximate surface area is 137 Å². The maximum absolute atomic E-state index is 12.5. The van der Waals surface area contributed by atoms with Crippen molar-refractivity contribution in [1.82, 2.24) is 14.5 Å². The molecule has 0 unspecified atom stereocenters. The number of hydrogen-bond acceptors (Lipinski definition) is 4. The Hall–Kier alpha value is -1.86. The molecule has 0 saturated heterocycles. The summed E-state index contributed by atoms with van der Waals surface area (Å²) in [5.41, 5.74) is 2.25. The van der Waals surface area contributed by atoms with E-state index in [0.29, 0.717) is 11.4 Å². The number of nitrogens with one attached hydrogen (secondary N) is 1. The van der Waals surface area contributed by atoms with Gasteiger partial charge < -0.3 is 4.74 Å². The molecular formula is C16H23N3O3S. The number of benzene rings is 1. The summed E-state index contributed by atoms with van der Waals surface area (Å²) in [6, 6.07) is 7.28. The molecule has 0 radical (unpaired) electrons. The molecule has 7 heteroatoms. The van der Waals surface area contributed by atoms with E-state index in [4.69, 9.17) is 4.74 Å². The van der Waals surface area contributed by atoms with Gasteiger partial charge >= 0.3 is 0 Å². The molecule has 126 valence electrons. The van der Waals surface area contributed by atoms with Crippen LogP contribution in [-0.4, -0.2) is 30.8 Å². The first kappa shape index (κ1) is 17.5. The zero-order valence-electron chi connectivity index (χ0n) is 14.1. The Balaban J connectivity index is 2.03. The van der Waals surface area contributed by atoms with Crippen molar-refractivity contribution in [2.75, 3.05) is 6.61 Å². The number of nitrogens with zero attached hydrogens (tertiary/aromatic N) is 2. The minimum Gasteiger partial charge on any atom is -0.492 e. The van der Waals surface area contributed by atoms with Gasteiger partial charge in [-0.05, 0) is 39.8 Å². The van der Waals surface area contributed by atoms with Crippen molar-refractivity contribution in [2.24, 2.45) is 7.05 Å². The zero-order valence-corrected chi connectivity index (χ0v) is 14.9. The minimum atomic E-state index is -3.62. The number of rotatable bonds is 6. The molecule has 0 spiro atoms. The average molecular weight is 337 g/mol. The van der Waals surface area contributed by atoms with Crippen molar-refractivity contribution in [2.45, 2.75) is 38.6 Å². The first-order valence-corrected chi connectivity index (χ1v) is 8.91. The summed E-state index contributed by atoms with van der Waals surface area (Å²) in [5.74, 6) is 0.718. The summed E-state index contributed by atoms with van der Waals surface area (Å²) in [5, 5.41) is 4.15. The van der Waals surface area contributed by atoms with Crippen LogP contribution in [0.5, 0.6) is 5.75 Å². The highest BCUT2D eigenvalue weighted by Crippen LogP contribution is 2.19. The fourth-order valence-electron chi connectivity index (χ4n) is 2.36. The number of aryl methyl sites for hydroxylation is 3. The predicted molar refractivity (Wildman–Crippen MR) is 89.1 cm³/mol. The van der Waals surface area contributed by atoms with Crippen LogP contribution >= 0.6 is 0 Å². The van der Waals surface area contributed by atoms with E-state index >= 15 is 0 Å². The molecule has 2 aromatic rings. The van der Waals surface area contributed by atoms with Gasteiger partial charge in [-0.15, -0.1) is 0 Å². The fourth-order valence-corrected chi connectivity index (χ4v) is 4.02. The minimum absolute atomic E-state index is 0.238. The average Bonchev–Trinajstić information content (AvgIpc) is 2.71. The topological polar surface area (TPSA) is 73.2 Å². The van der Waals surface area contributed by atoms with Crippen molar-refractivity contribution in [3.8, 4) is 5.75 Å². The smallest absolute Gasteiger partial charge is 0.244 e. The Morgan fingerprint density at radius 2 is 1.83 bits per heavy atom. The number of ether oxygens (including phenoxy) is 1. The largest absolute Gasteiger partial charge is 0.492 e. The van der Waals surface area contributed by atoms with Crippen LogP contribution in [0.2, 0.25) is 0 Å². The van der Waals surface area contributed by atoms with E-state index in [0.717, 1.165) is 11.3 Å². The van der Waals surface area contributed by atoms with Crippen molar-refractivity contribution >= 4 is 10.0 Å². The molecular weight excluding hydrogens is 314 g/mol. The van der Waals surface area contributed by atoms with E-state index in [9.17, 15) is 8.42 Å². The monoisotopic (exact) mass is 337 g/mol. The highest BCUT2D eigenvalue weighted by Gasteiger charge is 2.25. The van der Waals surface area contributed by atoms with Crippen molar-refractivity contribution in [1.29, 1.82) is 0 Å². The predicted octanol–water partition coefficient (Wildman–Crippen LogP) is 2.09. The summed E-state index contributed by atoms with van der Waals surface area (Å²) in [4.78, 5) is 0.238. The van der Waals surface area contributed by atoms with Crippen molar-refractivity contribution in [3.05, 3.63) is 41.2 Å². The fraction of sp³-hybridized carbons (Fsp3) is 0.438. The van der Waals surface area contributed by atoms with Gasteiger partial charge in [0.05, 0.1) is 17.4 Å². The quantitative estimate of drug-likeness (QED) is 0.876. The van der Waals surface area contributed by atoms with Gasteiger partial charge in [0.15, 0.2) is 0 Å². The third kappa shape index (κ3) is 4.11. The van der Waals surface area contributed by atoms with Gasteiger partial charge in [-0.3, -0.25) is 4.68 Å². The van der Waals surface area contributed by atoms with Crippen LogP contribution in [0.3, 0.4) is 0 Å². The molecule has 1 N–H and O–H groups in total. The summed E-state index contributed by atoms with van der Waals surface area (Å²) < 4.78 is 34.9. The number of sulfonamides is 1. The lowest BCUT2D eigenvalue weighted by Gasteiger charge is -2.15. The first-order valence-electron chi connectivity index (χ1n) is 7.42. The summed E-state index contributed by atoms with van der Waals surface area (Å²) in [7, 11) is -1.90. The van der Waals surface area contributed by atoms with Crippen LogP contribution < -0.4 is 9.46 Å². The summed E-state index contributed by atoms with van der Waals surface area (Å²) >= 11 is 0. The van der Waals surface area contributed by atoms with Crippen LogP contribution in [0.15, 0.2) is 29.2 Å². The van der Waals surface area contributed by atoms with Gasteiger partial charge in [0.25, 0.3) is 0 Å². The van der Waals surface area contributed by atoms with Crippen LogP contribution in [0.25, 0.3) is 0 Å². The molecule has 0 saturated carbocycles. The highest BCUT2D eigenvalue weighted by atomic mass is 32.2. The molecule has 0 aliphatic heterocycles. The Morgan fingerprint density at radius 3 is 2.35 bits per heavy atom. The Bertz CT molecular complexity index is 780. The van der Waals surface area contributed by atoms with Crippen LogP contribution in [0.1, 0.15) is 23.9 Å². The first-order chi connectivity index (χ1) is 10.7. The van der Waals surface area contributed by atoms with Crippen molar-refractivity contribution in [3.63, 3.8) is 0 Å². The Kier molecular flexibility index (Phi) is 5.11. The van der Waals surface area contributed by atoms with E-state index in [-0.39, 0.29) is 17.5 Å². The van der Waals surface area contributed by atoms with Crippen LogP contribution in [0.4, 0.5) is 0 Å². The second-order valence-electron chi connectivity index (χ2n) is 5.77. The molecule has 1 aromatic heterocycles. The SMILES string of the molecule is Cc1ccc(OC[C@H](C)NS(=O)(=O)c2c(C)nn(C)c2C)cc1. The molecule has 0 aliphatic carbocycles. The molecule has 0 bridgehead atoms. The highest BCUT2D eigenvalue weighted by molar-refractivity contribution is 7.89. The Morgan fingerprint density at radius 1 is 1.22 bits per heavy atom. The van der Waals surface area contributed by atoms with Gasteiger partial charge in [0.1, 0.15) is 17.3 Å². The molecule has 23 heavy (non-hydrogen) atoms. The van der Waals surface area contributed by atoms with E-state index in [1.54, 1.807) is 32.5 Å². The van der Waals surface area contributed by atoms with Gasteiger partial charge in [-0.2, -0.15) is 5.10 Å². The van der Waals surface area contributed by atoms with Gasteiger partial charge in [0, 0.05) is 7.05 Å². The lowest BCUT2D eigenvalue weighted by atomic mass is 10.2. The van der Waals surface area contributed by atoms with E-state index in [1.165, 1.54) is 0 Å². The molecule has 0 amide bonds. The second kappa shape index (κ2) is 6.72. The van der Waals surface area contributed by atoms with Gasteiger partial charge in [-0.25, -0.2) is 13.1 Å². The molecule has 0 aliphatic rings. The lowest BCUT2D eigenvalue weighted by Crippen LogP contribution is -2.37. The normalized spacial score (nSPS) is 13.1. The van der Waals surface area contributed by atoms with E-state index < -0.39 is 10.0 Å². The lowest BCUT2D eigenvalue weighted by molar-refractivity contribution is 0.287. The number of aromatic nitrogens is 2. The van der Waals surface area contributed by atoms with Crippen LogP contribution in [0, 0.1) is 20.8 Å². The maximum Gasteiger partial charge on any atom is 0.244 e. The van der Waals surface area contributed by atoms with E-state index in [2.05, 4.69) is 9.82 Å².